The van der Waals surface area contributed by atoms with E-state index in [1.54, 1.807) is 0 Å². The summed E-state index contributed by atoms with van der Waals surface area (Å²) >= 11 is 4.22. The molecule has 1 nitrogen and oxygen atoms in total. The van der Waals surface area contributed by atoms with Gasteiger partial charge in [-0.1, -0.05) is 6.92 Å². The third-order valence-electron chi connectivity index (χ3n) is 2.69. The molecule has 0 amide bonds. The Balaban J connectivity index is 2.05. The van der Waals surface area contributed by atoms with E-state index in [4.69, 9.17) is 0 Å². The maximum atomic E-state index is 3.53. The van der Waals surface area contributed by atoms with Crippen molar-refractivity contribution < 1.29 is 0 Å². The average molecular weight is 357 g/mol. The Morgan fingerprint density at radius 2 is 1.88 bits per heavy atom. The second-order valence-electron chi connectivity index (χ2n) is 4.03. The third kappa shape index (κ3) is 3.45. The molecule has 1 atom stereocenters. The van der Waals surface area contributed by atoms with Crippen LogP contribution in [0, 0.1) is 3.57 Å². The summed E-state index contributed by atoms with van der Waals surface area (Å²) in [6.45, 7) is 4.41. The van der Waals surface area contributed by atoms with Gasteiger partial charge in [0.05, 0.1) is 6.04 Å². The van der Waals surface area contributed by atoms with E-state index in [0.717, 1.165) is 6.42 Å². The van der Waals surface area contributed by atoms with Gasteiger partial charge in [0.2, 0.25) is 0 Å². The molecule has 3 heteroatoms. The summed E-state index contributed by atoms with van der Waals surface area (Å²) in [6, 6.07) is 13.3. The molecule has 90 valence electrons. The van der Waals surface area contributed by atoms with Gasteiger partial charge in [-0.25, -0.2) is 0 Å². The Labute approximate surface area is 120 Å². The minimum absolute atomic E-state index is 0.375. The van der Waals surface area contributed by atoms with Gasteiger partial charge in [-0.2, -0.15) is 0 Å². The number of rotatable bonds is 4. The topological polar surface area (TPSA) is 12.0 Å². The first kappa shape index (κ1) is 12.9. The summed E-state index contributed by atoms with van der Waals surface area (Å²) in [7, 11) is 0. The summed E-state index contributed by atoms with van der Waals surface area (Å²) in [5, 5.41) is 3.53. The number of thiophene rings is 1. The molecule has 1 aromatic heterocycles. The second kappa shape index (κ2) is 5.87. The van der Waals surface area contributed by atoms with Crippen LogP contribution in [0.25, 0.3) is 0 Å². The van der Waals surface area contributed by atoms with E-state index in [0.29, 0.717) is 6.04 Å². The van der Waals surface area contributed by atoms with Crippen LogP contribution < -0.4 is 5.32 Å². The van der Waals surface area contributed by atoms with Crippen LogP contribution in [0.4, 0.5) is 5.69 Å². The standard InChI is InChI=1S/C14H16INS/c1-3-13-8-9-14(17-13)10(2)16-12-6-4-11(15)5-7-12/h4-10,16H,3H2,1-2H3. The second-order valence-corrected chi connectivity index (χ2v) is 6.48. The average Bonchev–Trinajstić information content (AvgIpc) is 2.81. The van der Waals surface area contributed by atoms with Crippen molar-refractivity contribution in [3.05, 3.63) is 49.7 Å². The molecular formula is C14H16INS. The summed E-state index contributed by atoms with van der Waals surface area (Å²) in [6.07, 6.45) is 1.13. The number of anilines is 1. The molecule has 0 saturated heterocycles. The highest BCUT2D eigenvalue weighted by atomic mass is 127. The van der Waals surface area contributed by atoms with Gasteiger partial charge in [0.1, 0.15) is 0 Å². The van der Waals surface area contributed by atoms with Gasteiger partial charge in [0.15, 0.2) is 0 Å². The molecule has 0 fully saturated rings. The van der Waals surface area contributed by atoms with E-state index < -0.39 is 0 Å². The molecule has 0 aliphatic carbocycles. The normalized spacial score (nSPS) is 12.4. The number of aryl methyl sites for hydroxylation is 1. The Hall–Kier alpha value is -0.550. The molecule has 0 bridgehead atoms. The van der Waals surface area contributed by atoms with Crippen LogP contribution in [0.1, 0.15) is 29.6 Å². The van der Waals surface area contributed by atoms with Gasteiger partial charge < -0.3 is 5.32 Å². The van der Waals surface area contributed by atoms with Gasteiger partial charge >= 0.3 is 0 Å². The van der Waals surface area contributed by atoms with Crippen LogP contribution in [0.15, 0.2) is 36.4 Å². The largest absolute Gasteiger partial charge is 0.378 e. The van der Waals surface area contributed by atoms with Gasteiger partial charge in [0, 0.05) is 19.0 Å². The van der Waals surface area contributed by atoms with E-state index in [1.165, 1.54) is 19.0 Å². The van der Waals surface area contributed by atoms with E-state index in [1.807, 2.05) is 11.3 Å². The first-order valence-corrected chi connectivity index (χ1v) is 7.69. The SMILES string of the molecule is CCc1ccc(C(C)Nc2ccc(I)cc2)s1. The summed E-state index contributed by atoms with van der Waals surface area (Å²) in [5.41, 5.74) is 1.18. The van der Waals surface area contributed by atoms with E-state index >= 15 is 0 Å². The number of hydrogen-bond acceptors (Lipinski definition) is 2. The maximum absolute atomic E-state index is 3.53. The molecule has 1 N–H and O–H groups in total. The van der Waals surface area contributed by atoms with Crippen LogP contribution in [0.2, 0.25) is 0 Å². The number of nitrogens with one attached hydrogen (secondary N) is 1. The summed E-state index contributed by atoms with van der Waals surface area (Å²) < 4.78 is 1.27. The lowest BCUT2D eigenvalue weighted by atomic mass is 10.2. The Morgan fingerprint density at radius 1 is 1.18 bits per heavy atom. The molecule has 0 spiro atoms. The quantitative estimate of drug-likeness (QED) is 0.752. The highest BCUT2D eigenvalue weighted by molar-refractivity contribution is 14.1. The highest BCUT2D eigenvalue weighted by Crippen LogP contribution is 2.26. The predicted molar refractivity (Wildman–Crippen MR) is 84.9 cm³/mol. The van der Waals surface area contributed by atoms with Crippen molar-refractivity contribution in [2.24, 2.45) is 0 Å². The maximum Gasteiger partial charge on any atom is 0.0578 e. The fraction of sp³-hybridized carbons (Fsp3) is 0.286. The van der Waals surface area contributed by atoms with Crippen molar-refractivity contribution in [2.75, 3.05) is 5.32 Å². The minimum atomic E-state index is 0.375. The van der Waals surface area contributed by atoms with Crippen molar-refractivity contribution in [2.45, 2.75) is 26.3 Å². The van der Waals surface area contributed by atoms with Gasteiger partial charge in [0.25, 0.3) is 0 Å². The minimum Gasteiger partial charge on any atom is -0.378 e. The summed E-state index contributed by atoms with van der Waals surface area (Å²) in [5.74, 6) is 0. The zero-order valence-electron chi connectivity index (χ0n) is 10.0. The lowest BCUT2D eigenvalue weighted by molar-refractivity contribution is 0.908. The van der Waals surface area contributed by atoms with Crippen molar-refractivity contribution in [3.8, 4) is 0 Å². The third-order valence-corrected chi connectivity index (χ3v) is 4.82. The van der Waals surface area contributed by atoms with Crippen LogP contribution in [0.3, 0.4) is 0 Å². The highest BCUT2D eigenvalue weighted by Gasteiger charge is 2.07. The zero-order chi connectivity index (χ0) is 12.3. The molecule has 1 heterocycles. The predicted octanol–water partition coefficient (Wildman–Crippen LogP) is 5.09. The lowest BCUT2D eigenvalue weighted by Crippen LogP contribution is -2.04. The van der Waals surface area contributed by atoms with Crippen LogP contribution in [-0.2, 0) is 6.42 Å². The van der Waals surface area contributed by atoms with E-state index in [9.17, 15) is 0 Å². The van der Waals surface area contributed by atoms with Crippen molar-refractivity contribution in [3.63, 3.8) is 0 Å². The molecule has 0 aliphatic rings. The fourth-order valence-electron chi connectivity index (χ4n) is 1.68. The van der Waals surface area contributed by atoms with Crippen LogP contribution >= 0.6 is 33.9 Å². The van der Waals surface area contributed by atoms with E-state index in [2.05, 4.69) is 78.2 Å². The molecule has 1 unspecified atom stereocenters. The Kier molecular flexibility index (Phi) is 4.45. The Bertz CT molecular complexity index is 475. The van der Waals surface area contributed by atoms with Gasteiger partial charge in [-0.15, -0.1) is 11.3 Å². The van der Waals surface area contributed by atoms with Gasteiger partial charge in [-0.3, -0.25) is 0 Å². The van der Waals surface area contributed by atoms with E-state index in [-0.39, 0.29) is 0 Å². The number of benzene rings is 1. The van der Waals surface area contributed by atoms with Crippen LogP contribution in [-0.4, -0.2) is 0 Å². The monoisotopic (exact) mass is 357 g/mol. The number of hydrogen-bond donors (Lipinski definition) is 1. The molecule has 0 aliphatic heterocycles. The van der Waals surface area contributed by atoms with Crippen molar-refractivity contribution in [1.29, 1.82) is 0 Å². The smallest absolute Gasteiger partial charge is 0.0578 e. The van der Waals surface area contributed by atoms with Crippen molar-refractivity contribution in [1.82, 2.24) is 0 Å². The first-order valence-electron chi connectivity index (χ1n) is 5.79. The molecule has 0 radical (unpaired) electrons. The molecule has 17 heavy (non-hydrogen) atoms. The van der Waals surface area contributed by atoms with Gasteiger partial charge in [-0.05, 0) is 72.3 Å². The van der Waals surface area contributed by atoms with Crippen molar-refractivity contribution >= 4 is 39.6 Å². The Morgan fingerprint density at radius 3 is 2.47 bits per heavy atom. The molecule has 0 saturated carbocycles. The molecule has 2 aromatic rings. The first-order chi connectivity index (χ1) is 8.19. The molecular weight excluding hydrogens is 341 g/mol. The van der Waals surface area contributed by atoms with Crippen LogP contribution in [0.5, 0.6) is 0 Å². The fourth-order valence-corrected chi connectivity index (χ4v) is 3.00. The summed E-state index contributed by atoms with van der Waals surface area (Å²) in [4.78, 5) is 2.86. The zero-order valence-corrected chi connectivity index (χ0v) is 13.0. The molecule has 2 rings (SSSR count). The lowest BCUT2D eigenvalue weighted by Gasteiger charge is -2.13. The number of halogens is 1. The molecule has 1 aromatic carbocycles.